The molecule has 0 bridgehead atoms. The van der Waals surface area contributed by atoms with Gasteiger partial charge in [0.15, 0.2) is 0 Å². The van der Waals surface area contributed by atoms with E-state index in [0.29, 0.717) is 23.2 Å². The van der Waals surface area contributed by atoms with Crippen molar-refractivity contribution in [3.63, 3.8) is 0 Å². The maximum absolute atomic E-state index is 12.8. The van der Waals surface area contributed by atoms with Crippen LogP contribution in [0.1, 0.15) is 26.5 Å². The number of rotatable bonds is 8. The normalized spacial score (nSPS) is 14.2. The van der Waals surface area contributed by atoms with E-state index in [4.69, 9.17) is 20.8 Å². The average Bonchev–Trinajstić information content (AvgIpc) is 3.44. The Morgan fingerprint density at radius 3 is 2.34 bits per heavy atom. The molecule has 1 aliphatic heterocycles. The number of nitrogens with one attached hydrogen (secondary N) is 1. The predicted octanol–water partition coefficient (Wildman–Crippen LogP) is 4.68. The number of furan rings is 1. The fourth-order valence-corrected chi connectivity index (χ4v) is 4.53. The predicted molar refractivity (Wildman–Crippen MR) is 137 cm³/mol. The van der Waals surface area contributed by atoms with Crippen LogP contribution < -0.4 is 10.1 Å². The smallest absolute Gasteiger partial charge is 0.335 e. The number of benzene rings is 2. The third kappa shape index (κ3) is 5.71. The number of carboxylic acids is 2. The van der Waals surface area contributed by atoms with Gasteiger partial charge in [0, 0.05) is 17.3 Å². The zero-order valence-corrected chi connectivity index (χ0v) is 21.0. The van der Waals surface area contributed by atoms with Crippen molar-refractivity contribution in [2.45, 2.75) is 0 Å². The summed E-state index contributed by atoms with van der Waals surface area (Å²) in [5, 5.41) is 20.7. The minimum absolute atomic E-state index is 0.00158. The topological polar surface area (TPSA) is 163 Å². The van der Waals surface area contributed by atoms with Gasteiger partial charge in [-0.15, -0.1) is 0 Å². The fraction of sp³-hybridized carbons (Fsp3) is 0.0800. The van der Waals surface area contributed by atoms with E-state index in [-0.39, 0.29) is 38.1 Å². The summed E-state index contributed by atoms with van der Waals surface area (Å²) in [5.41, 5.74) is 0.0677. The zero-order valence-electron chi connectivity index (χ0n) is 19.4. The second kappa shape index (κ2) is 10.8. The van der Waals surface area contributed by atoms with Gasteiger partial charge in [-0.25, -0.2) is 9.59 Å². The monoisotopic (exact) mass is 556 g/mol. The van der Waals surface area contributed by atoms with E-state index in [2.05, 4.69) is 5.32 Å². The summed E-state index contributed by atoms with van der Waals surface area (Å²) in [6.07, 6.45) is 1.30. The van der Waals surface area contributed by atoms with Crippen LogP contribution in [-0.2, 0) is 9.59 Å². The number of halogens is 1. The molecule has 13 heteroatoms. The Balaban J connectivity index is 1.49. The maximum atomic E-state index is 12.8. The van der Waals surface area contributed by atoms with Crippen LogP contribution in [0.2, 0.25) is 5.02 Å². The van der Waals surface area contributed by atoms with E-state index in [9.17, 15) is 34.2 Å². The Hall–Kier alpha value is -4.55. The molecular formula is C25H17ClN2O9S. The van der Waals surface area contributed by atoms with Crippen LogP contribution in [0.5, 0.6) is 5.75 Å². The van der Waals surface area contributed by atoms with Crippen molar-refractivity contribution < 1.29 is 43.3 Å². The molecule has 3 aromatic rings. The molecule has 0 radical (unpaired) electrons. The fourth-order valence-electron chi connectivity index (χ4n) is 3.46. The molecule has 0 spiro atoms. The molecule has 1 fully saturated rings. The number of amides is 3. The van der Waals surface area contributed by atoms with Crippen LogP contribution in [0, 0.1) is 0 Å². The van der Waals surface area contributed by atoms with Gasteiger partial charge in [-0.1, -0.05) is 11.6 Å². The van der Waals surface area contributed by atoms with Crippen molar-refractivity contribution in [3.05, 3.63) is 75.3 Å². The van der Waals surface area contributed by atoms with Gasteiger partial charge in [-0.2, -0.15) is 0 Å². The minimum atomic E-state index is -1.31. The Morgan fingerprint density at radius 2 is 1.74 bits per heavy atom. The van der Waals surface area contributed by atoms with Gasteiger partial charge in [0.1, 0.15) is 23.8 Å². The summed E-state index contributed by atoms with van der Waals surface area (Å²) in [6.45, 7) is -0.533. The van der Waals surface area contributed by atoms with Gasteiger partial charge in [0.25, 0.3) is 11.1 Å². The summed E-state index contributed by atoms with van der Waals surface area (Å²) in [5.74, 6) is -3.23. The lowest BCUT2D eigenvalue weighted by Crippen LogP contribution is -2.36. The van der Waals surface area contributed by atoms with Crippen molar-refractivity contribution >= 4 is 64.1 Å². The number of ether oxygens (including phenoxy) is 1. The van der Waals surface area contributed by atoms with Crippen molar-refractivity contribution in [1.82, 2.24) is 4.90 Å². The molecule has 11 nitrogen and oxygen atoms in total. The highest BCUT2D eigenvalue weighted by molar-refractivity contribution is 8.18. The van der Waals surface area contributed by atoms with Crippen LogP contribution in [0.3, 0.4) is 0 Å². The Morgan fingerprint density at radius 1 is 1.05 bits per heavy atom. The number of anilines is 1. The number of carbonyl (C=O) groups is 5. The third-order valence-corrected chi connectivity index (χ3v) is 6.43. The number of imide groups is 1. The van der Waals surface area contributed by atoms with Crippen LogP contribution in [0.4, 0.5) is 10.5 Å². The number of nitrogens with zero attached hydrogens (tertiary/aromatic N) is 1. The van der Waals surface area contributed by atoms with E-state index >= 15 is 0 Å². The molecule has 4 rings (SSSR count). The zero-order chi connectivity index (χ0) is 27.6. The van der Waals surface area contributed by atoms with Gasteiger partial charge in [0.05, 0.1) is 28.2 Å². The molecule has 3 N–H and O–H groups in total. The lowest BCUT2D eigenvalue weighted by atomic mass is 10.0. The van der Waals surface area contributed by atoms with Crippen LogP contribution >= 0.6 is 23.4 Å². The minimum Gasteiger partial charge on any atom is -0.495 e. The molecule has 194 valence electrons. The van der Waals surface area contributed by atoms with Gasteiger partial charge in [-0.05, 0) is 60.3 Å². The molecular weight excluding hydrogens is 540 g/mol. The van der Waals surface area contributed by atoms with Crippen LogP contribution in [0.25, 0.3) is 17.4 Å². The highest BCUT2D eigenvalue weighted by Crippen LogP contribution is 2.34. The second-order valence-corrected chi connectivity index (χ2v) is 9.18. The molecule has 1 saturated heterocycles. The number of hydrogen-bond donors (Lipinski definition) is 3. The Labute approximate surface area is 223 Å². The first-order valence-electron chi connectivity index (χ1n) is 10.7. The van der Waals surface area contributed by atoms with Gasteiger partial charge >= 0.3 is 11.9 Å². The lowest BCUT2D eigenvalue weighted by Gasteiger charge is -2.13. The Bertz CT molecular complexity index is 1500. The van der Waals surface area contributed by atoms with E-state index < -0.39 is 35.5 Å². The molecule has 2 heterocycles. The molecule has 0 saturated carbocycles. The summed E-state index contributed by atoms with van der Waals surface area (Å²) in [7, 11) is 1.45. The lowest BCUT2D eigenvalue weighted by molar-refractivity contribution is -0.127. The molecule has 0 unspecified atom stereocenters. The second-order valence-electron chi connectivity index (χ2n) is 7.78. The van der Waals surface area contributed by atoms with Crippen molar-refractivity contribution in [3.8, 4) is 17.1 Å². The van der Waals surface area contributed by atoms with Crippen molar-refractivity contribution in [1.29, 1.82) is 0 Å². The highest BCUT2D eigenvalue weighted by Gasteiger charge is 2.36. The van der Waals surface area contributed by atoms with Gasteiger partial charge < -0.3 is 24.7 Å². The quantitative estimate of drug-likeness (QED) is 0.332. The summed E-state index contributed by atoms with van der Waals surface area (Å²) >= 11 is 6.66. The molecule has 0 aliphatic carbocycles. The number of hydrogen-bond acceptors (Lipinski definition) is 8. The summed E-state index contributed by atoms with van der Waals surface area (Å²) in [4.78, 5) is 61.1. The average molecular weight is 557 g/mol. The summed E-state index contributed by atoms with van der Waals surface area (Å²) < 4.78 is 10.7. The van der Waals surface area contributed by atoms with E-state index in [1.54, 1.807) is 12.1 Å². The number of methoxy groups -OCH3 is 1. The summed E-state index contributed by atoms with van der Waals surface area (Å²) in [6, 6.07) is 11.0. The Kier molecular flexibility index (Phi) is 7.55. The SMILES string of the molecule is COc1ccc(NC(=O)CN2C(=O)S/C(=C/c3ccc(-c4cc(C(=O)O)cc(C(=O)O)c4)o3)C2=O)cc1Cl. The first-order valence-corrected chi connectivity index (χ1v) is 11.9. The molecule has 3 amide bonds. The van der Waals surface area contributed by atoms with E-state index in [1.807, 2.05) is 0 Å². The molecule has 1 aliphatic rings. The molecule has 2 aromatic carbocycles. The van der Waals surface area contributed by atoms with Crippen molar-refractivity contribution in [2.24, 2.45) is 0 Å². The highest BCUT2D eigenvalue weighted by atomic mass is 35.5. The largest absolute Gasteiger partial charge is 0.495 e. The van der Waals surface area contributed by atoms with Gasteiger partial charge in [-0.3, -0.25) is 19.3 Å². The number of carboxylic acid groups (broad SMARTS) is 2. The number of carbonyl (C=O) groups excluding carboxylic acids is 3. The van der Waals surface area contributed by atoms with Crippen molar-refractivity contribution in [2.75, 3.05) is 19.0 Å². The number of aromatic carboxylic acids is 2. The standard InChI is InChI=1S/C25H17ClN2O9S/c1-36-19-4-2-15(9-17(19)26)27-21(29)11-28-22(30)20(38-25(28)35)10-16-3-5-18(37-16)12-6-13(23(31)32)8-14(7-12)24(33)34/h2-10H,11H2,1H3,(H,27,29)(H,31,32)(H,33,34)/b20-10+. The first-order chi connectivity index (χ1) is 18.0. The molecule has 1 aromatic heterocycles. The first kappa shape index (κ1) is 26.5. The molecule has 38 heavy (non-hydrogen) atoms. The number of thioether (sulfide) groups is 1. The third-order valence-electron chi connectivity index (χ3n) is 5.22. The van der Waals surface area contributed by atoms with Gasteiger partial charge in [0.2, 0.25) is 5.91 Å². The maximum Gasteiger partial charge on any atom is 0.335 e. The van der Waals surface area contributed by atoms with E-state index in [1.165, 1.54) is 43.5 Å². The van der Waals surface area contributed by atoms with Crippen LogP contribution in [0.15, 0.2) is 57.9 Å². The van der Waals surface area contributed by atoms with Crippen LogP contribution in [-0.4, -0.2) is 57.8 Å². The molecule has 0 atom stereocenters. The van der Waals surface area contributed by atoms with E-state index in [0.717, 1.165) is 11.0 Å².